The molecule has 0 spiro atoms. The van der Waals surface area contributed by atoms with Crippen LogP contribution in [0.15, 0.2) is 6.20 Å². The number of hydrogen-bond acceptors (Lipinski definition) is 4. The fraction of sp³-hybridized carbons (Fsp3) is 0.364. The molecule has 0 radical (unpaired) electrons. The van der Waals surface area contributed by atoms with Gasteiger partial charge in [0.15, 0.2) is 5.13 Å². The maximum Gasteiger partial charge on any atom is 0.260 e. The van der Waals surface area contributed by atoms with Crippen molar-refractivity contribution in [1.82, 2.24) is 15.2 Å². The van der Waals surface area contributed by atoms with E-state index in [4.69, 9.17) is 0 Å². The number of aromatic amines is 1. The van der Waals surface area contributed by atoms with Gasteiger partial charge in [0.2, 0.25) is 0 Å². The number of amides is 1. The molecule has 0 atom stereocenters. The van der Waals surface area contributed by atoms with Crippen LogP contribution < -0.4 is 5.32 Å². The minimum atomic E-state index is -0.149. The lowest BCUT2D eigenvalue weighted by Crippen LogP contribution is -2.12. The molecule has 1 amide bonds. The standard InChI is InChI=1S/C11H12N4OS/c1-6-7(5-12-15-6)10(16)14-11-13-8-3-2-4-9(8)17-11/h5H,2-4H2,1H3,(H,12,15)(H,13,14,16). The van der Waals surface area contributed by atoms with Crippen molar-refractivity contribution in [3.05, 3.63) is 28.0 Å². The van der Waals surface area contributed by atoms with E-state index in [0.717, 1.165) is 24.2 Å². The molecule has 0 fully saturated rings. The molecule has 2 N–H and O–H groups in total. The van der Waals surface area contributed by atoms with Crippen molar-refractivity contribution in [2.24, 2.45) is 0 Å². The first-order chi connectivity index (χ1) is 8.24. The van der Waals surface area contributed by atoms with Gasteiger partial charge in [0, 0.05) is 10.6 Å². The Bertz CT molecular complexity index is 550. The van der Waals surface area contributed by atoms with Crippen LogP contribution in [0.4, 0.5) is 5.13 Å². The van der Waals surface area contributed by atoms with Gasteiger partial charge in [-0.15, -0.1) is 11.3 Å². The Kier molecular flexibility index (Phi) is 2.44. The first-order valence-corrected chi connectivity index (χ1v) is 6.35. The van der Waals surface area contributed by atoms with Gasteiger partial charge in [0.25, 0.3) is 5.91 Å². The van der Waals surface area contributed by atoms with Crippen LogP contribution in [-0.2, 0) is 12.8 Å². The molecular weight excluding hydrogens is 236 g/mol. The number of H-pyrrole nitrogens is 1. The fourth-order valence-corrected chi connectivity index (χ4v) is 3.03. The molecule has 3 rings (SSSR count). The van der Waals surface area contributed by atoms with Gasteiger partial charge >= 0.3 is 0 Å². The second-order valence-electron chi connectivity index (χ2n) is 4.11. The lowest BCUT2D eigenvalue weighted by Gasteiger charge is -1.99. The van der Waals surface area contributed by atoms with E-state index in [-0.39, 0.29) is 5.91 Å². The molecule has 17 heavy (non-hydrogen) atoms. The molecule has 2 aromatic rings. The largest absolute Gasteiger partial charge is 0.298 e. The highest BCUT2D eigenvalue weighted by Crippen LogP contribution is 2.30. The number of nitrogens with zero attached hydrogens (tertiary/aromatic N) is 2. The van der Waals surface area contributed by atoms with Crippen LogP contribution >= 0.6 is 11.3 Å². The minimum Gasteiger partial charge on any atom is -0.298 e. The number of aromatic nitrogens is 3. The molecule has 6 heteroatoms. The molecule has 0 unspecified atom stereocenters. The van der Waals surface area contributed by atoms with Crippen molar-refractivity contribution in [2.45, 2.75) is 26.2 Å². The number of carbonyl (C=O) groups is 1. The Balaban J connectivity index is 1.79. The average molecular weight is 248 g/mol. The zero-order valence-electron chi connectivity index (χ0n) is 9.41. The summed E-state index contributed by atoms with van der Waals surface area (Å²) in [5.74, 6) is -0.149. The van der Waals surface area contributed by atoms with Gasteiger partial charge in [-0.05, 0) is 26.2 Å². The number of carbonyl (C=O) groups excluding carboxylic acids is 1. The number of nitrogens with one attached hydrogen (secondary N) is 2. The number of thiazole rings is 1. The molecule has 0 aromatic carbocycles. The highest BCUT2D eigenvalue weighted by Gasteiger charge is 2.19. The summed E-state index contributed by atoms with van der Waals surface area (Å²) in [5.41, 5.74) is 2.49. The van der Waals surface area contributed by atoms with E-state index in [9.17, 15) is 4.79 Å². The van der Waals surface area contributed by atoms with Gasteiger partial charge in [-0.25, -0.2) is 4.98 Å². The van der Waals surface area contributed by atoms with E-state index in [0.29, 0.717) is 10.7 Å². The summed E-state index contributed by atoms with van der Waals surface area (Å²) < 4.78 is 0. The number of anilines is 1. The van der Waals surface area contributed by atoms with E-state index in [1.54, 1.807) is 11.3 Å². The molecule has 1 aliphatic rings. The Hall–Kier alpha value is -1.69. The van der Waals surface area contributed by atoms with Crippen LogP contribution in [-0.4, -0.2) is 21.1 Å². The van der Waals surface area contributed by atoms with E-state index in [1.165, 1.54) is 17.5 Å². The number of hydrogen-bond donors (Lipinski definition) is 2. The summed E-state index contributed by atoms with van der Waals surface area (Å²) in [4.78, 5) is 17.7. The fourth-order valence-electron chi connectivity index (χ4n) is 1.99. The first kappa shape index (κ1) is 10.5. The maximum atomic E-state index is 11.9. The maximum absolute atomic E-state index is 11.9. The van der Waals surface area contributed by atoms with Crippen molar-refractivity contribution >= 4 is 22.4 Å². The number of fused-ring (bicyclic) bond motifs is 1. The quantitative estimate of drug-likeness (QED) is 0.853. The van der Waals surface area contributed by atoms with Crippen LogP contribution in [0.25, 0.3) is 0 Å². The summed E-state index contributed by atoms with van der Waals surface area (Å²) in [6.45, 7) is 1.82. The first-order valence-electron chi connectivity index (χ1n) is 5.54. The van der Waals surface area contributed by atoms with Crippen molar-refractivity contribution < 1.29 is 4.79 Å². The topological polar surface area (TPSA) is 70.7 Å². The van der Waals surface area contributed by atoms with Crippen molar-refractivity contribution in [2.75, 3.05) is 5.32 Å². The SMILES string of the molecule is Cc1[nH]ncc1C(=O)Nc1nc2c(s1)CCC2. The van der Waals surface area contributed by atoms with Crippen LogP contribution in [0.2, 0.25) is 0 Å². The highest BCUT2D eigenvalue weighted by atomic mass is 32.1. The van der Waals surface area contributed by atoms with Crippen molar-refractivity contribution in [1.29, 1.82) is 0 Å². The van der Waals surface area contributed by atoms with Gasteiger partial charge in [-0.1, -0.05) is 0 Å². The molecule has 88 valence electrons. The Morgan fingerprint density at radius 2 is 2.41 bits per heavy atom. The van der Waals surface area contributed by atoms with Gasteiger partial charge in [-0.3, -0.25) is 15.2 Å². The molecule has 0 saturated carbocycles. The van der Waals surface area contributed by atoms with E-state index in [2.05, 4.69) is 20.5 Å². The summed E-state index contributed by atoms with van der Waals surface area (Å²) in [7, 11) is 0. The smallest absolute Gasteiger partial charge is 0.260 e. The van der Waals surface area contributed by atoms with Gasteiger partial charge in [0.1, 0.15) is 0 Å². The third kappa shape index (κ3) is 1.84. The van der Waals surface area contributed by atoms with Gasteiger partial charge in [-0.2, -0.15) is 5.10 Å². The second-order valence-corrected chi connectivity index (χ2v) is 5.19. The summed E-state index contributed by atoms with van der Waals surface area (Å²) in [6.07, 6.45) is 4.84. The van der Waals surface area contributed by atoms with Crippen LogP contribution in [0.5, 0.6) is 0 Å². The van der Waals surface area contributed by atoms with Gasteiger partial charge in [0.05, 0.1) is 17.5 Å². The molecular formula is C11H12N4OS. The number of rotatable bonds is 2. The molecule has 0 aliphatic heterocycles. The van der Waals surface area contributed by atoms with E-state index < -0.39 is 0 Å². The monoisotopic (exact) mass is 248 g/mol. The van der Waals surface area contributed by atoms with E-state index >= 15 is 0 Å². The van der Waals surface area contributed by atoms with Gasteiger partial charge < -0.3 is 0 Å². The van der Waals surface area contributed by atoms with Crippen LogP contribution in [0, 0.1) is 6.92 Å². The van der Waals surface area contributed by atoms with Crippen LogP contribution in [0.3, 0.4) is 0 Å². The molecule has 1 aliphatic carbocycles. The third-order valence-corrected chi connectivity index (χ3v) is 3.96. The zero-order valence-corrected chi connectivity index (χ0v) is 10.2. The normalized spacial score (nSPS) is 13.7. The van der Waals surface area contributed by atoms with Crippen LogP contribution in [0.1, 0.15) is 33.0 Å². The zero-order chi connectivity index (χ0) is 11.8. The highest BCUT2D eigenvalue weighted by molar-refractivity contribution is 7.15. The van der Waals surface area contributed by atoms with Crippen molar-refractivity contribution in [3.8, 4) is 0 Å². The third-order valence-electron chi connectivity index (χ3n) is 2.89. The molecule has 5 nitrogen and oxygen atoms in total. The Morgan fingerprint density at radius 1 is 1.53 bits per heavy atom. The summed E-state index contributed by atoms with van der Waals surface area (Å²) in [6, 6.07) is 0. The average Bonchev–Trinajstić information content (AvgIpc) is 2.92. The van der Waals surface area contributed by atoms with E-state index in [1.807, 2.05) is 6.92 Å². The summed E-state index contributed by atoms with van der Waals surface area (Å²) >= 11 is 1.58. The molecule has 0 bridgehead atoms. The van der Waals surface area contributed by atoms with Crippen molar-refractivity contribution in [3.63, 3.8) is 0 Å². The second kappa shape index (κ2) is 3.96. The Morgan fingerprint density at radius 3 is 3.12 bits per heavy atom. The molecule has 2 aromatic heterocycles. The minimum absolute atomic E-state index is 0.149. The summed E-state index contributed by atoms with van der Waals surface area (Å²) in [5, 5.41) is 10.1. The predicted molar refractivity (Wildman–Crippen MR) is 65.4 cm³/mol. The lowest BCUT2D eigenvalue weighted by molar-refractivity contribution is 0.102. The number of aryl methyl sites for hydroxylation is 3. The molecule has 2 heterocycles. The Labute approximate surface area is 102 Å². The predicted octanol–water partition coefficient (Wildman–Crippen LogP) is 1.92. The molecule has 0 saturated heterocycles. The lowest BCUT2D eigenvalue weighted by atomic mass is 10.2.